The molecule has 2 aliphatic rings. The van der Waals surface area contributed by atoms with E-state index in [0.29, 0.717) is 6.10 Å². The molecule has 1 aliphatic carbocycles. The summed E-state index contributed by atoms with van der Waals surface area (Å²) < 4.78 is 8.41. The molecule has 116 valence electrons. The molecule has 2 fully saturated rings. The predicted octanol–water partition coefficient (Wildman–Crippen LogP) is 2.74. The van der Waals surface area contributed by atoms with Crippen molar-refractivity contribution >= 4 is 0 Å². The van der Waals surface area contributed by atoms with E-state index in [2.05, 4.69) is 40.3 Å². The van der Waals surface area contributed by atoms with Crippen LogP contribution in [0.15, 0.2) is 48.8 Å². The first kappa shape index (κ1) is 14.0. The summed E-state index contributed by atoms with van der Waals surface area (Å²) in [6.45, 7) is 4.03. The van der Waals surface area contributed by atoms with E-state index in [1.54, 1.807) is 0 Å². The summed E-state index contributed by atoms with van der Waals surface area (Å²) in [6.07, 6.45) is 7.15. The molecule has 0 spiro atoms. The molecule has 1 saturated carbocycles. The van der Waals surface area contributed by atoms with Crippen molar-refractivity contribution in [3.05, 3.63) is 54.4 Å². The highest BCUT2D eigenvalue weighted by Gasteiger charge is 2.38. The third kappa shape index (κ3) is 3.23. The molecule has 0 bridgehead atoms. The molecule has 1 aromatic heterocycles. The van der Waals surface area contributed by atoms with Crippen molar-refractivity contribution in [3.8, 4) is 0 Å². The fourth-order valence-electron chi connectivity index (χ4n) is 3.30. The molecular weight excluding hydrogens is 274 g/mol. The Morgan fingerprint density at radius 2 is 1.91 bits per heavy atom. The first-order valence-electron chi connectivity index (χ1n) is 8.29. The fraction of sp³-hybridized carbons (Fsp3) is 0.500. The number of hydrogen-bond donors (Lipinski definition) is 0. The van der Waals surface area contributed by atoms with Crippen molar-refractivity contribution in [2.45, 2.75) is 31.6 Å². The minimum atomic E-state index is 0.207. The van der Waals surface area contributed by atoms with Crippen LogP contribution in [0.25, 0.3) is 0 Å². The average molecular weight is 297 g/mol. The molecule has 2 atom stereocenters. The van der Waals surface area contributed by atoms with Gasteiger partial charge in [0.15, 0.2) is 0 Å². The van der Waals surface area contributed by atoms with E-state index in [1.165, 1.54) is 18.4 Å². The van der Waals surface area contributed by atoms with Crippen molar-refractivity contribution < 1.29 is 4.74 Å². The molecule has 0 unspecified atom stereocenters. The normalized spacial score (nSPS) is 26.2. The Balaban J connectivity index is 1.44. The van der Waals surface area contributed by atoms with E-state index in [0.717, 1.165) is 32.1 Å². The summed E-state index contributed by atoms with van der Waals surface area (Å²) in [5.41, 5.74) is 1.30. The molecule has 0 radical (unpaired) electrons. The van der Waals surface area contributed by atoms with E-state index in [-0.39, 0.29) is 6.10 Å². The van der Waals surface area contributed by atoms with Crippen LogP contribution in [-0.2, 0) is 11.3 Å². The van der Waals surface area contributed by atoms with Crippen LogP contribution in [0.3, 0.4) is 0 Å². The van der Waals surface area contributed by atoms with Crippen LogP contribution in [0.4, 0.5) is 0 Å². The highest BCUT2D eigenvalue weighted by molar-refractivity contribution is 5.18. The van der Waals surface area contributed by atoms with Crippen LogP contribution in [0, 0.1) is 5.92 Å². The lowest BCUT2D eigenvalue weighted by molar-refractivity contribution is -0.0969. The third-order valence-electron chi connectivity index (χ3n) is 4.72. The van der Waals surface area contributed by atoms with Crippen LogP contribution in [0.2, 0.25) is 0 Å². The van der Waals surface area contributed by atoms with Crippen LogP contribution < -0.4 is 0 Å². The van der Waals surface area contributed by atoms with Gasteiger partial charge in [0.1, 0.15) is 0 Å². The molecule has 1 aliphatic heterocycles. The maximum Gasteiger partial charge on any atom is 0.0956 e. The molecule has 0 N–H and O–H groups in total. The molecule has 2 heterocycles. The van der Waals surface area contributed by atoms with Gasteiger partial charge in [-0.1, -0.05) is 30.3 Å². The van der Waals surface area contributed by atoms with Gasteiger partial charge in [0.05, 0.1) is 18.8 Å². The molecule has 22 heavy (non-hydrogen) atoms. The largest absolute Gasteiger partial charge is 0.367 e. The lowest BCUT2D eigenvalue weighted by Crippen LogP contribution is -2.46. The van der Waals surface area contributed by atoms with Crippen molar-refractivity contribution in [1.29, 1.82) is 0 Å². The SMILES string of the molecule is c1ccc([C@@H]2CN(CCn3cccn3)C[C@H](C3CC3)O2)cc1. The second kappa shape index (κ2) is 6.23. The molecule has 1 aromatic carbocycles. The Hall–Kier alpha value is -1.65. The van der Waals surface area contributed by atoms with E-state index >= 15 is 0 Å². The summed E-state index contributed by atoms with van der Waals surface area (Å²) in [5.74, 6) is 0.777. The molecule has 2 aromatic rings. The summed E-state index contributed by atoms with van der Waals surface area (Å²) >= 11 is 0. The van der Waals surface area contributed by atoms with Crippen LogP contribution in [-0.4, -0.2) is 40.4 Å². The van der Waals surface area contributed by atoms with Crippen molar-refractivity contribution in [2.75, 3.05) is 19.6 Å². The second-order valence-corrected chi connectivity index (χ2v) is 6.44. The smallest absolute Gasteiger partial charge is 0.0956 e. The first-order chi connectivity index (χ1) is 10.9. The Labute approximate surface area is 131 Å². The number of rotatable bonds is 5. The predicted molar refractivity (Wildman–Crippen MR) is 85.4 cm³/mol. The van der Waals surface area contributed by atoms with Gasteiger partial charge in [0.25, 0.3) is 0 Å². The van der Waals surface area contributed by atoms with Gasteiger partial charge in [-0.05, 0) is 30.4 Å². The first-order valence-corrected chi connectivity index (χ1v) is 8.29. The fourth-order valence-corrected chi connectivity index (χ4v) is 3.30. The number of morpholine rings is 1. The maximum atomic E-state index is 6.40. The molecule has 4 rings (SSSR count). The Bertz CT molecular complexity index is 580. The molecule has 0 amide bonds. The Kier molecular flexibility index (Phi) is 3.95. The quantitative estimate of drug-likeness (QED) is 0.850. The molecule has 4 heteroatoms. The van der Waals surface area contributed by atoms with Gasteiger partial charge in [-0.15, -0.1) is 0 Å². The summed E-state index contributed by atoms with van der Waals surface area (Å²) in [5, 5.41) is 4.30. The van der Waals surface area contributed by atoms with E-state index in [4.69, 9.17) is 4.74 Å². The van der Waals surface area contributed by atoms with Gasteiger partial charge < -0.3 is 4.74 Å². The van der Waals surface area contributed by atoms with Gasteiger partial charge in [-0.25, -0.2) is 0 Å². The lowest BCUT2D eigenvalue weighted by Gasteiger charge is -2.38. The zero-order valence-corrected chi connectivity index (χ0v) is 12.8. The third-order valence-corrected chi connectivity index (χ3v) is 4.72. The standard InChI is InChI=1S/C18H23N3O/c1-2-5-15(6-3-1)17-13-20(11-12-21-10-4-9-19-21)14-18(22-17)16-7-8-16/h1-6,9-10,16-18H,7-8,11-14H2/t17-,18+/m0/s1. The van der Waals surface area contributed by atoms with Crippen molar-refractivity contribution in [2.24, 2.45) is 5.92 Å². The Morgan fingerprint density at radius 3 is 2.64 bits per heavy atom. The zero-order valence-electron chi connectivity index (χ0n) is 12.8. The summed E-state index contributed by atoms with van der Waals surface area (Å²) in [6, 6.07) is 12.6. The highest BCUT2D eigenvalue weighted by Crippen LogP contribution is 2.39. The average Bonchev–Trinajstić information content (AvgIpc) is 3.30. The zero-order chi connectivity index (χ0) is 14.8. The van der Waals surface area contributed by atoms with E-state index in [1.807, 2.05) is 23.1 Å². The van der Waals surface area contributed by atoms with Crippen LogP contribution >= 0.6 is 0 Å². The minimum Gasteiger partial charge on any atom is -0.367 e. The monoisotopic (exact) mass is 297 g/mol. The van der Waals surface area contributed by atoms with Gasteiger partial charge in [-0.3, -0.25) is 9.58 Å². The van der Waals surface area contributed by atoms with Gasteiger partial charge in [0.2, 0.25) is 0 Å². The number of hydrogen-bond acceptors (Lipinski definition) is 3. The number of aromatic nitrogens is 2. The number of ether oxygens (including phenoxy) is 1. The van der Waals surface area contributed by atoms with Crippen LogP contribution in [0.5, 0.6) is 0 Å². The highest BCUT2D eigenvalue weighted by atomic mass is 16.5. The molecule has 4 nitrogen and oxygen atoms in total. The second-order valence-electron chi connectivity index (χ2n) is 6.44. The molecule has 1 saturated heterocycles. The summed E-state index contributed by atoms with van der Waals surface area (Å²) in [4.78, 5) is 2.55. The Morgan fingerprint density at radius 1 is 1.05 bits per heavy atom. The van der Waals surface area contributed by atoms with Gasteiger partial charge in [0, 0.05) is 32.0 Å². The van der Waals surface area contributed by atoms with E-state index in [9.17, 15) is 0 Å². The van der Waals surface area contributed by atoms with Crippen molar-refractivity contribution in [3.63, 3.8) is 0 Å². The van der Waals surface area contributed by atoms with E-state index < -0.39 is 0 Å². The maximum absolute atomic E-state index is 6.40. The topological polar surface area (TPSA) is 30.3 Å². The van der Waals surface area contributed by atoms with Gasteiger partial charge >= 0.3 is 0 Å². The summed E-state index contributed by atoms with van der Waals surface area (Å²) in [7, 11) is 0. The number of nitrogens with zero attached hydrogens (tertiary/aromatic N) is 3. The molecular formula is C18H23N3O. The number of benzene rings is 1. The van der Waals surface area contributed by atoms with Gasteiger partial charge in [-0.2, -0.15) is 5.10 Å². The minimum absolute atomic E-state index is 0.207. The van der Waals surface area contributed by atoms with Crippen LogP contribution in [0.1, 0.15) is 24.5 Å². The van der Waals surface area contributed by atoms with Crippen molar-refractivity contribution in [1.82, 2.24) is 14.7 Å². The lowest BCUT2D eigenvalue weighted by atomic mass is 10.0.